The zero-order valence-corrected chi connectivity index (χ0v) is 29.4. The quantitative estimate of drug-likeness (QED) is 0.156. The first-order valence-electron chi connectivity index (χ1n) is 16.2. The number of halogens is 3. The fourth-order valence-electron chi connectivity index (χ4n) is 6.50. The predicted molar refractivity (Wildman–Crippen MR) is 184 cm³/mol. The molecule has 11 nitrogen and oxygen atoms in total. The number of nitrogens with zero attached hydrogens (tertiary/aromatic N) is 1. The second-order valence-electron chi connectivity index (χ2n) is 12.5. The molecule has 50 heavy (non-hydrogen) atoms. The van der Waals surface area contributed by atoms with Gasteiger partial charge in [0.1, 0.15) is 5.82 Å². The van der Waals surface area contributed by atoms with Gasteiger partial charge in [0.05, 0.1) is 54.2 Å². The van der Waals surface area contributed by atoms with Crippen molar-refractivity contribution >= 4 is 35.1 Å². The van der Waals surface area contributed by atoms with Crippen LogP contribution in [-0.4, -0.2) is 87.5 Å². The highest BCUT2D eigenvalue weighted by atomic mass is 35.5. The van der Waals surface area contributed by atoms with Gasteiger partial charge in [0.25, 0.3) is 5.91 Å². The number of aliphatic hydroxyl groups excluding tert-OH is 3. The van der Waals surface area contributed by atoms with Crippen LogP contribution < -0.4 is 5.73 Å². The number of amides is 1. The van der Waals surface area contributed by atoms with Gasteiger partial charge < -0.3 is 40.7 Å². The molecule has 1 saturated heterocycles. The van der Waals surface area contributed by atoms with E-state index in [1.165, 1.54) is 29.2 Å². The minimum Gasteiger partial charge on any atom is -0.478 e. The van der Waals surface area contributed by atoms with Gasteiger partial charge in [-0.1, -0.05) is 48.3 Å². The maximum Gasteiger partial charge on any atom is 0.336 e. The molecular formula is C36H43Cl2FN2O9. The lowest BCUT2D eigenvalue weighted by atomic mass is 9.74. The molecule has 0 bridgehead atoms. The molecule has 1 amide bonds. The number of aromatic carboxylic acids is 1. The van der Waals surface area contributed by atoms with Gasteiger partial charge in [0.2, 0.25) is 0 Å². The van der Waals surface area contributed by atoms with E-state index in [0.717, 1.165) is 0 Å². The van der Waals surface area contributed by atoms with Gasteiger partial charge in [-0.15, -0.1) is 0 Å². The summed E-state index contributed by atoms with van der Waals surface area (Å²) < 4.78 is 28.4. The number of hydrogen-bond donors (Lipinski definition) is 6. The Morgan fingerprint density at radius 1 is 1.02 bits per heavy atom. The number of carboxylic acid groups (broad SMARTS) is 1. The first-order chi connectivity index (χ1) is 23.7. The van der Waals surface area contributed by atoms with Gasteiger partial charge in [-0.05, 0) is 79.6 Å². The lowest BCUT2D eigenvalue weighted by Crippen LogP contribution is -2.50. The van der Waals surface area contributed by atoms with Crippen LogP contribution in [0.15, 0.2) is 54.6 Å². The normalized spacial score (nSPS) is 19.1. The molecule has 3 aromatic rings. The maximum atomic E-state index is 16.6. The van der Waals surface area contributed by atoms with Crippen LogP contribution in [-0.2, 0) is 27.3 Å². The fraction of sp³-hybridized carbons (Fsp3) is 0.444. The number of aliphatic hydroxyl groups is 4. The molecule has 0 saturated carbocycles. The Hall–Kier alpha value is -3.17. The summed E-state index contributed by atoms with van der Waals surface area (Å²) in [5.74, 6) is -2.68. The van der Waals surface area contributed by atoms with Crippen molar-refractivity contribution in [2.75, 3.05) is 39.6 Å². The lowest BCUT2D eigenvalue weighted by molar-refractivity contribution is -0.109. The number of hydrogen-bond acceptors (Lipinski definition) is 9. The van der Waals surface area contributed by atoms with Crippen LogP contribution in [0.4, 0.5) is 4.39 Å². The van der Waals surface area contributed by atoms with Crippen molar-refractivity contribution in [2.45, 2.75) is 56.5 Å². The number of rotatable bonds is 12. The van der Waals surface area contributed by atoms with Crippen LogP contribution in [0.5, 0.6) is 0 Å². The first-order valence-corrected chi connectivity index (χ1v) is 17.0. The SMILES string of the molecule is CCO[C@]1(c2ccc(Cl)cc2)c2c(F)cc([C@](O)(CC)C3CCOCC3)cc2C(=O)N1Cc1ccc(Cl)cc1C(=O)O.NC(CO)(CO)CO. The van der Waals surface area contributed by atoms with Crippen LogP contribution in [0, 0.1) is 11.7 Å². The molecule has 2 aliphatic rings. The van der Waals surface area contributed by atoms with Crippen LogP contribution in [0.2, 0.25) is 10.0 Å². The average Bonchev–Trinajstić information content (AvgIpc) is 3.36. The second kappa shape index (κ2) is 16.4. The molecule has 1 fully saturated rings. The number of carbonyl (C=O) groups is 2. The summed E-state index contributed by atoms with van der Waals surface area (Å²) in [6, 6.07) is 13.8. The number of nitrogens with two attached hydrogens (primary N) is 1. The number of ether oxygens (including phenoxy) is 2. The third-order valence-corrected chi connectivity index (χ3v) is 9.87. The van der Waals surface area contributed by atoms with Crippen LogP contribution in [0.25, 0.3) is 0 Å². The Morgan fingerprint density at radius 2 is 1.62 bits per heavy atom. The molecule has 3 aromatic carbocycles. The Morgan fingerprint density at radius 3 is 2.14 bits per heavy atom. The summed E-state index contributed by atoms with van der Waals surface area (Å²) in [5.41, 5.74) is 1.80. The smallest absolute Gasteiger partial charge is 0.336 e. The Bertz CT molecular complexity index is 1660. The maximum absolute atomic E-state index is 16.6. The highest BCUT2D eigenvalue weighted by Crippen LogP contribution is 2.50. The summed E-state index contributed by atoms with van der Waals surface area (Å²) in [7, 11) is 0. The fourth-order valence-corrected chi connectivity index (χ4v) is 6.80. The summed E-state index contributed by atoms with van der Waals surface area (Å²) in [4.78, 5) is 27.8. The predicted octanol–water partition coefficient (Wildman–Crippen LogP) is 4.41. The molecule has 0 aromatic heterocycles. The van der Waals surface area contributed by atoms with Gasteiger partial charge in [-0.25, -0.2) is 9.18 Å². The molecule has 0 radical (unpaired) electrons. The molecule has 2 heterocycles. The lowest BCUT2D eigenvalue weighted by Gasteiger charge is -2.40. The zero-order chi connectivity index (χ0) is 36.9. The van der Waals surface area contributed by atoms with E-state index in [0.29, 0.717) is 54.2 Å². The van der Waals surface area contributed by atoms with E-state index in [1.54, 1.807) is 37.3 Å². The minimum atomic E-state index is -1.74. The number of fused-ring (bicyclic) bond motifs is 1. The molecule has 5 rings (SSSR count). The highest BCUT2D eigenvalue weighted by Gasteiger charge is 2.55. The van der Waals surface area contributed by atoms with E-state index in [9.17, 15) is 19.8 Å². The third-order valence-electron chi connectivity index (χ3n) is 9.38. The summed E-state index contributed by atoms with van der Waals surface area (Å²) in [5, 5.41) is 47.5. The second-order valence-corrected chi connectivity index (χ2v) is 13.3. The molecule has 14 heteroatoms. The van der Waals surface area contributed by atoms with Crippen LogP contribution >= 0.6 is 23.2 Å². The Labute approximate surface area is 300 Å². The minimum absolute atomic E-state index is 0.00306. The Kier molecular flexibility index (Phi) is 13.0. The average molecular weight is 738 g/mol. The Balaban J connectivity index is 0.000000627. The van der Waals surface area contributed by atoms with E-state index >= 15 is 4.39 Å². The van der Waals surface area contributed by atoms with Crippen molar-refractivity contribution in [3.63, 3.8) is 0 Å². The van der Waals surface area contributed by atoms with Crippen LogP contribution in [0.3, 0.4) is 0 Å². The molecule has 272 valence electrons. The van der Waals surface area contributed by atoms with Gasteiger partial charge in [-0.3, -0.25) is 9.69 Å². The van der Waals surface area contributed by atoms with Gasteiger partial charge in [0, 0.05) is 35.4 Å². The standard InChI is InChI=1S/C32H32Cl2FNO6.C4H11NO3/c1-3-31(40,20-11-13-41-14-12-20)22-15-26-28(27(35)16-22)32(42-4-2,21-6-9-23(33)10-7-21)36(29(26)37)18-19-5-8-24(34)17-25(19)30(38)39;5-4(1-6,2-7)3-8/h5-10,15-17,20,40H,3-4,11-14,18H2,1-2H3,(H,38,39);6-8H,1-3,5H2/t31-,32+;/m0./s1. The van der Waals surface area contributed by atoms with Gasteiger partial charge >= 0.3 is 5.97 Å². The largest absolute Gasteiger partial charge is 0.478 e. The van der Waals surface area contributed by atoms with E-state index in [-0.39, 0.29) is 40.8 Å². The molecule has 0 aliphatic carbocycles. The highest BCUT2D eigenvalue weighted by molar-refractivity contribution is 6.31. The first kappa shape index (κ1) is 39.6. The molecule has 2 aliphatic heterocycles. The molecule has 0 spiro atoms. The molecular weight excluding hydrogens is 694 g/mol. The van der Waals surface area contributed by atoms with Crippen molar-refractivity contribution in [2.24, 2.45) is 11.7 Å². The van der Waals surface area contributed by atoms with E-state index in [4.69, 9.17) is 53.7 Å². The molecule has 0 unspecified atom stereocenters. The van der Waals surface area contributed by atoms with Crippen molar-refractivity contribution in [3.8, 4) is 0 Å². The molecule has 7 N–H and O–H groups in total. The summed E-state index contributed by atoms with van der Waals surface area (Å²) in [6.45, 7) is 3.22. The van der Waals surface area contributed by atoms with Crippen molar-refractivity contribution in [3.05, 3.63) is 104 Å². The van der Waals surface area contributed by atoms with E-state index in [2.05, 4.69) is 0 Å². The molecule has 2 atom stereocenters. The topological polar surface area (TPSA) is 183 Å². The van der Waals surface area contributed by atoms with Gasteiger partial charge in [0.15, 0.2) is 5.72 Å². The summed E-state index contributed by atoms with van der Waals surface area (Å²) in [6.07, 6.45) is 1.52. The van der Waals surface area contributed by atoms with Crippen molar-refractivity contribution in [1.82, 2.24) is 4.90 Å². The number of carbonyl (C=O) groups excluding carboxylic acids is 1. The zero-order valence-electron chi connectivity index (χ0n) is 27.9. The monoisotopic (exact) mass is 736 g/mol. The number of carboxylic acids is 1. The third kappa shape index (κ3) is 7.69. The van der Waals surface area contributed by atoms with E-state index in [1.807, 2.05) is 6.92 Å². The summed E-state index contributed by atoms with van der Waals surface area (Å²) >= 11 is 12.3. The van der Waals surface area contributed by atoms with E-state index < -0.39 is 54.4 Å². The van der Waals surface area contributed by atoms with Crippen molar-refractivity contribution in [1.29, 1.82) is 0 Å². The van der Waals surface area contributed by atoms with Crippen molar-refractivity contribution < 1.29 is 49.0 Å². The van der Waals surface area contributed by atoms with Gasteiger partial charge in [-0.2, -0.15) is 0 Å². The van der Waals surface area contributed by atoms with Crippen LogP contribution in [0.1, 0.15) is 76.1 Å². The number of benzene rings is 3.